The SMILES string of the molecule is CCNC(=O)COc1ccc(/C=C2\N=C(c3ccc(NC(C)=O)cc3)OC2=O)cc1OC. The summed E-state index contributed by atoms with van der Waals surface area (Å²) in [4.78, 5) is 39.3. The van der Waals surface area contributed by atoms with Gasteiger partial charge in [-0.15, -0.1) is 0 Å². The molecule has 0 saturated heterocycles. The van der Waals surface area contributed by atoms with E-state index in [0.29, 0.717) is 34.9 Å². The fourth-order valence-corrected chi connectivity index (χ4v) is 2.87. The van der Waals surface area contributed by atoms with Crippen LogP contribution in [0.15, 0.2) is 53.2 Å². The van der Waals surface area contributed by atoms with Gasteiger partial charge in [0.25, 0.3) is 5.91 Å². The molecule has 9 nitrogen and oxygen atoms in total. The maximum Gasteiger partial charge on any atom is 0.363 e. The number of aliphatic imine (C=N–C) groups is 1. The molecule has 166 valence electrons. The third-order valence-corrected chi connectivity index (χ3v) is 4.30. The molecule has 0 radical (unpaired) electrons. The number of cyclic esters (lactones) is 1. The van der Waals surface area contributed by atoms with Crippen LogP contribution in [-0.2, 0) is 19.1 Å². The van der Waals surface area contributed by atoms with Crippen molar-refractivity contribution >= 4 is 35.4 Å². The molecule has 0 saturated carbocycles. The molecular formula is C23H23N3O6. The minimum atomic E-state index is -0.582. The molecule has 1 aliphatic rings. The van der Waals surface area contributed by atoms with Crippen molar-refractivity contribution in [3.05, 3.63) is 59.3 Å². The monoisotopic (exact) mass is 437 g/mol. The number of carbonyl (C=O) groups excluding carboxylic acids is 3. The summed E-state index contributed by atoms with van der Waals surface area (Å²) in [7, 11) is 1.48. The van der Waals surface area contributed by atoms with Gasteiger partial charge in [-0.05, 0) is 55.0 Å². The van der Waals surface area contributed by atoms with E-state index < -0.39 is 5.97 Å². The molecule has 3 rings (SSSR count). The van der Waals surface area contributed by atoms with Gasteiger partial charge in [-0.2, -0.15) is 0 Å². The summed E-state index contributed by atoms with van der Waals surface area (Å²) in [5.74, 6) is -0.0119. The quantitative estimate of drug-likeness (QED) is 0.484. The summed E-state index contributed by atoms with van der Waals surface area (Å²) in [5, 5.41) is 5.32. The van der Waals surface area contributed by atoms with E-state index in [1.54, 1.807) is 48.5 Å². The predicted molar refractivity (Wildman–Crippen MR) is 119 cm³/mol. The second kappa shape index (κ2) is 10.3. The molecule has 2 N–H and O–H groups in total. The van der Waals surface area contributed by atoms with Crippen LogP contribution in [0.5, 0.6) is 11.5 Å². The van der Waals surface area contributed by atoms with E-state index in [0.717, 1.165) is 0 Å². The summed E-state index contributed by atoms with van der Waals surface area (Å²) in [6, 6.07) is 11.8. The fourth-order valence-electron chi connectivity index (χ4n) is 2.87. The van der Waals surface area contributed by atoms with E-state index in [4.69, 9.17) is 14.2 Å². The summed E-state index contributed by atoms with van der Waals surface area (Å²) in [6.07, 6.45) is 1.57. The van der Waals surface area contributed by atoms with Gasteiger partial charge in [0.05, 0.1) is 7.11 Å². The third-order valence-electron chi connectivity index (χ3n) is 4.30. The lowest BCUT2D eigenvalue weighted by Gasteiger charge is -2.11. The predicted octanol–water partition coefficient (Wildman–Crippen LogP) is 2.51. The first kappa shape index (κ1) is 22.5. The Kier molecular flexibility index (Phi) is 7.22. The van der Waals surface area contributed by atoms with Crippen LogP contribution < -0.4 is 20.1 Å². The van der Waals surface area contributed by atoms with Crippen molar-refractivity contribution in [2.45, 2.75) is 13.8 Å². The molecule has 2 amide bonds. The minimum absolute atomic E-state index is 0.129. The highest BCUT2D eigenvalue weighted by Crippen LogP contribution is 2.30. The van der Waals surface area contributed by atoms with Gasteiger partial charge >= 0.3 is 5.97 Å². The standard InChI is InChI=1S/C23H23N3O6/c1-4-24-21(28)13-31-19-10-5-15(12-20(19)30-3)11-18-23(29)32-22(26-18)16-6-8-17(9-7-16)25-14(2)27/h5-12H,4,13H2,1-3H3,(H,24,28)(H,25,27)/b18-11-. The van der Waals surface area contributed by atoms with Gasteiger partial charge in [0.1, 0.15) is 0 Å². The van der Waals surface area contributed by atoms with Gasteiger partial charge in [-0.1, -0.05) is 6.07 Å². The molecule has 0 aromatic heterocycles. The Balaban J connectivity index is 1.77. The Labute approximate surface area is 185 Å². The lowest BCUT2D eigenvalue weighted by atomic mass is 10.1. The Bertz CT molecular complexity index is 1090. The van der Waals surface area contributed by atoms with Crippen molar-refractivity contribution in [1.29, 1.82) is 0 Å². The number of hydrogen-bond donors (Lipinski definition) is 2. The first-order chi connectivity index (χ1) is 15.4. The van der Waals surface area contributed by atoms with E-state index in [2.05, 4.69) is 15.6 Å². The van der Waals surface area contributed by atoms with Crippen molar-refractivity contribution in [3.8, 4) is 11.5 Å². The van der Waals surface area contributed by atoms with Gasteiger partial charge in [0, 0.05) is 24.7 Å². The molecule has 0 atom stereocenters. The number of rotatable bonds is 8. The minimum Gasteiger partial charge on any atom is -0.493 e. The zero-order chi connectivity index (χ0) is 23.1. The number of nitrogens with zero attached hydrogens (tertiary/aromatic N) is 1. The molecule has 1 aliphatic heterocycles. The second-order valence-corrected chi connectivity index (χ2v) is 6.75. The van der Waals surface area contributed by atoms with Gasteiger partial charge in [-0.25, -0.2) is 9.79 Å². The van der Waals surface area contributed by atoms with Crippen LogP contribution in [0.25, 0.3) is 6.08 Å². The fraction of sp³-hybridized carbons (Fsp3) is 0.217. The van der Waals surface area contributed by atoms with E-state index in [1.807, 2.05) is 6.92 Å². The molecule has 9 heteroatoms. The second-order valence-electron chi connectivity index (χ2n) is 6.75. The normalized spacial score (nSPS) is 13.9. The average Bonchev–Trinajstić information content (AvgIpc) is 3.13. The lowest BCUT2D eigenvalue weighted by molar-refractivity contribution is -0.130. The van der Waals surface area contributed by atoms with E-state index >= 15 is 0 Å². The van der Waals surface area contributed by atoms with Crippen molar-refractivity contribution in [2.75, 3.05) is 25.6 Å². The molecule has 32 heavy (non-hydrogen) atoms. The number of ether oxygens (including phenoxy) is 3. The Morgan fingerprint density at radius 3 is 2.53 bits per heavy atom. The number of likely N-dealkylation sites (N-methyl/N-ethyl adjacent to an activating group) is 1. The summed E-state index contributed by atoms with van der Waals surface area (Å²) < 4.78 is 16.1. The van der Waals surface area contributed by atoms with Crippen LogP contribution in [0.2, 0.25) is 0 Å². The van der Waals surface area contributed by atoms with Gasteiger partial charge in [0.15, 0.2) is 23.8 Å². The average molecular weight is 437 g/mol. The highest BCUT2D eigenvalue weighted by molar-refractivity contribution is 6.13. The first-order valence-corrected chi connectivity index (χ1v) is 9.87. The first-order valence-electron chi connectivity index (χ1n) is 9.87. The van der Waals surface area contributed by atoms with E-state index in [-0.39, 0.29) is 30.0 Å². The van der Waals surface area contributed by atoms with Crippen LogP contribution in [0.3, 0.4) is 0 Å². The van der Waals surface area contributed by atoms with Crippen LogP contribution in [-0.4, -0.2) is 43.9 Å². The number of carbonyl (C=O) groups is 3. The molecular weight excluding hydrogens is 414 g/mol. The molecule has 2 aromatic carbocycles. The number of methoxy groups -OCH3 is 1. The van der Waals surface area contributed by atoms with Gasteiger partial charge in [-0.3, -0.25) is 9.59 Å². The number of hydrogen-bond acceptors (Lipinski definition) is 7. The van der Waals surface area contributed by atoms with Crippen molar-refractivity contribution in [3.63, 3.8) is 0 Å². The van der Waals surface area contributed by atoms with E-state index in [9.17, 15) is 14.4 Å². The highest BCUT2D eigenvalue weighted by Gasteiger charge is 2.24. The third kappa shape index (κ3) is 5.72. The Morgan fingerprint density at radius 1 is 1.12 bits per heavy atom. The van der Waals surface area contributed by atoms with Crippen LogP contribution >= 0.6 is 0 Å². The van der Waals surface area contributed by atoms with Crippen molar-refractivity contribution in [1.82, 2.24) is 5.32 Å². The number of esters is 1. The number of amides is 2. The summed E-state index contributed by atoms with van der Waals surface area (Å²) in [6.45, 7) is 3.63. The van der Waals surface area contributed by atoms with Crippen molar-refractivity contribution in [2.24, 2.45) is 4.99 Å². The molecule has 0 spiro atoms. The Hall–Kier alpha value is -4.14. The summed E-state index contributed by atoms with van der Waals surface area (Å²) in [5.41, 5.74) is 2.00. The van der Waals surface area contributed by atoms with Gasteiger partial charge < -0.3 is 24.8 Å². The summed E-state index contributed by atoms with van der Waals surface area (Å²) >= 11 is 0. The number of anilines is 1. The smallest absolute Gasteiger partial charge is 0.363 e. The maximum absolute atomic E-state index is 12.3. The highest BCUT2D eigenvalue weighted by atomic mass is 16.6. The zero-order valence-electron chi connectivity index (χ0n) is 17.9. The number of nitrogens with one attached hydrogen (secondary N) is 2. The topological polar surface area (TPSA) is 115 Å². The number of benzene rings is 2. The van der Waals surface area contributed by atoms with Crippen LogP contribution in [0.1, 0.15) is 25.0 Å². The largest absolute Gasteiger partial charge is 0.493 e. The maximum atomic E-state index is 12.3. The van der Waals surface area contributed by atoms with Crippen LogP contribution in [0, 0.1) is 0 Å². The molecule has 0 fully saturated rings. The zero-order valence-corrected chi connectivity index (χ0v) is 17.9. The van der Waals surface area contributed by atoms with Crippen molar-refractivity contribution < 1.29 is 28.6 Å². The molecule has 2 aromatic rings. The molecule has 1 heterocycles. The molecule has 0 bridgehead atoms. The van der Waals surface area contributed by atoms with Crippen LogP contribution in [0.4, 0.5) is 5.69 Å². The Morgan fingerprint density at radius 2 is 1.88 bits per heavy atom. The molecule has 0 unspecified atom stereocenters. The lowest BCUT2D eigenvalue weighted by Crippen LogP contribution is -2.28. The van der Waals surface area contributed by atoms with E-state index in [1.165, 1.54) is 14.0 Å². The molecule has 0 aliphatic carbocycles. The van der Waals surface area contributed by atoms with Gasteiger partial charge in [0.2, 0.25) is 11.8 Å².